The van der Waals surface area contributed by atoms with Crippen molar-refractivity contribution in [1.82, 2.24) is 9.97 Å². The molecular weight excluding hydrogens is 484 g/mol. The molecule has 0 radical (unpaired) electrons. The maximum absolute atomic E-state index is 12.8. The van der Waals surface area contributed by atoms with Gasteiger partial charge in [0, 0.05) is 30.1 Å². The Kier molecular flexibility index (Phi) is 10.6. The number of nitro benzene ring substituents is 1. The minimum absolute atomic E-state index is 0.0243. The van der Waals surface area contributed by atoms with Crippen molar-refractivity contribution in [3.8, 4) is 22.9 Å². The number of benzene rings is 2. The second-order valence-corrected chi connectivity index (χ2v) is 9.48. The molecule has 1 unspecified atom stereocenters. The number of aryl methyl sites for hydroxylation is 1. The maximum atomic E-state index is 12.8. The van der Waals surface area contributed by atoms with Crippen LogP contribution in [-0.4, -0.2) is 27.5 Å². The Morgan fingerprint density at radius 2 is 1.74 bits per heavy atom. The van der Waals surface area contributed by atoms with Gasteiger partial charge < -0.3 is 15.2 Å². The molecule has 1 aromatic heterocycles. The lowest BCUT2D eigenvalue weighted by Crippen LogP contribution is -2.13. The lowest BCUT2D eigenvalue weighted by atomic mass is 10.1. The molecule has 0 fully saturated rings. The van der Waals surface area contributed by atoms with Crippen molar-refractivity contribution in [3.63, 3.8) is 0 Å². The molecule has 202 valence electrons. The normalized spacial score (nSPS) is 11.7. The first-order valence-corrected chi connectivity index (χ1v) is 13.2. The van der Waals surface area contributed by atoms with Crippen LogP contribution >= 0.6 is 0 Å². The van der Waals surface area contributed by atoms with Gasteiger partial charge in [-0.3, -0.25) is 10.1 Å². The Morgan fingerprint density at radius 1 is 1.05 bits per heavy atom. The number of aromatic nitrogens is 2. The number of carbonyl (C=O) groups excluding carboxylic acids is 1. The third kappa shape index (κ3) is 7.99. The summed E-state index contributed by atoms with van der Waals surface area (Å²) >= 11 is 0. The van der Waals surface area contributed by atoms with Gasteiger partial charge in [-0.25, -0.2) is 14.8 Å². The summed E-state index contributed by atoms with van der Waals surface area (Å²) in [6.07, 6.45) is 11.6. The average molecular weight is 521 g/mol. The summed E-state index contributed by atoms with van der Waals surface area (Å²) in [4.78, 5) is 32.7. The molecule has 0 amide bonds. The number of hydrogen-bond donors (Lipinski definition) is 1. The van der Waals surface area contributed by atoms with Gasteiger partial charge in [-0.15, -0.1) is 0 Å². The van der Waals surface area contributed by atoms with Crippen LogP contribution in [0.3, 0.4) is 0 Å². The zero-order valence-electron chi connectivity index (χ0n) is 22.3. The number of nitrogens with two attached hydrogens (primary N) is 1. The number of rotatable bonds is 14. The minimum atomic E-state index is -0.800. The summed E-state index contributed by atoms with van der Waals surface area (Å²) in [6.45, 7) is 6.49. The zero-order chi connectivity index (χ0) is 27.5. The van der Waals surface area contributed by atoms with Crippen LogP contribution in [-0.2, 0) is 6.42 Å². The number of carbonyl (C=O) groups is 1. The van der Waals surface area contributed by atoms with Gasteiger partial charge in [0.15, 0.2) is 11.6 Å². The standard InChI is InChI=1S/C29H36N4O5/c1-4-6-7-8-9-10-21-17-31-28(32-18-21)22-11-13-23(14-12-22)38-29(34)24-15-26(33(35)36)27(16-25(24)30)37-19-20(3)5-2/h11-18,20H,4-10,19,30H2,1-3H3. The topological polar surface area (TPSA) is 130 Å². The minimum Gasteiger partial charge on any atom is -0.486 e. The van der Waals surface area contributed by atoms with Crippen molar-refractivity contribution in [1.29, 1.82) is 0 Å². The van der Waals surface area contributed by atoms with Crippen molar-refractivity contribution in [2.24, 2.45) is 5.92 Å². The van der Waals surface area contributed by atoms with Gasteiger partial charge in [-0.1, -0.05) is 52.9 Å². The quantitative estimate of drug-likeness (QED) is 0.0614. The summed E-state index contributed by atoms with van der Waals surface area (Å²) in [7, 11) is 0. The Balaban J connectivity index is 1.65. The van der Waals surface area contributed by atoms with Crippen molar-refractivity contribution < 1.29 is 19.2 Å². The van der Waals surface area contributed by atoms with Gasteiger partial charge in [0.05, 0.1) is 22.8 Å². The van der Waals surface area contributed by atoms with E-state index in [9.17, 15) is 14.9 Å². The van der Waals surface area contributed by atoms with Crippen LogP contribution in [0.15, 0.2) is 48.8 Å². The van der Waals surface area contributed by atoms with Crippen LogP contribution in [0.4, 0.5) is 11.4 Å². The molecule has 2 N–H and O–H groups in total. The molecule has 1 atom stereocenters. The summed E-state index contributed by atoms with van der Waals surface area (Å²) in [6, 6.07) is 9.13. The summed E-state index contributed by atoms with van der Waals surface area (Å²) in [5.74, 6) is 0.279. The first-order chi connectivity index (χ1) is 18.3. The molecule has 38 heavy (non-hydrogen) atoms. The van der Waals surface area contributed by atoms with Crippen LogP contribution in [0.25, 0.3) is 11.4 Å². The van der Waals surface area contributed by atoms with Crippen LogP contribution in [0.1, 0.15) is 75.2 Å². The molecule has 0 saturated heterocycles. The van der Waals surface area contributed by atoms with E-state index in [4.69, 9.17) is 15.2 Å². The highest BCUT2D eigenvalue weighted by atomic mass is 16.6. The molecule has 1 heterocycles. The second-order valence-electron chi connectivity index (χ2n) is 9.48. The van der Waals surface area contributed by atoms with E-state index < -0.39 is 10.9 Å². The lowest BCUT2D eigenvalue weighted by Gasteiger charge is -2.13. The maximum Gasteiger partial charge on any atom is 0.345 e. The van der Waals surface area contributed by atoms with E-state index in [0.717, 1.165) is 36.5 Å². The average Bonchev–Trinajstić information content (AvgIpc) is 2.92. The molecule has 0 spiro atoms. The number of nitrogen functional groups attached to an aromatic ring is 1. The number of esters is 1. The zero-order valence-corrected chi connectivity index (χ0v) is 22.3. The molecule has 0 aliphatic rings. The van der Waals surface area contributed by atoms with Gasteiger partial charge in [-0.05, 0) is 48.6 Å². The molecule has 9 heteroatoms. The van der Waals surface area contributed by atoms with E-state index in [0.29, 0.717) is 12.4 Å². The number of anilines is 1. The van der Waals surface area contributed by atoms with E-state index in [2.05, 4.69) is 16.9 Å². The van der Waals surface area contributed by atoms with E-state index in [-0.39, 0.29) is 34.4 Å². The third-order valence-corrected chi connectivity index (χ3v) is 6.37. The Bertz CT molecular complexity index is 1210. The number of hydrogen-bond acceptors (Lipinski definition) is 8. The highest BCUT2D eigenvalue weighted by molar-refractivity contribution is 5.97. The van der Waals surface area contributed by atoms with E-state index in [1.165, 1.54) is 31.7 Å². The van der Waals surface area contributed by atoms with Gasteiger partial charge >= 0.3 is 11.7 Å². The lowest BCUT2D eigenvalue weighted by molar-refractivity contribution is -0.385. The number of ether oxygens (including phenoxy) is 2. The van der Waals surface area contributed by atoms with Gasteiger partial charge in [0.1, 0.15) is 5.75 Å². The van der Waals surface area contributed by atoms with E-state index >= 15 is 0 Å². The Hall–Kier alpha value is -4.01. The molecule has 0 aliphatic carbocycles. The second kappa shape index (κ2) is 14.1. The fraction of sp³-hybridized carbons (Fsp3) is 0.414. The molecule has 0 saturated carbocycles. The molecule has 9 nitrogen and oxygen atoms in total. The predicted molar refractivity (Wildman–Crippen MR) is 147 cm³/mol. The van der Waals surface area contributed by atoms with Crippen LogP contribution in [0.5, 0.6) is 11.5 Å². The van der Waals surface area contributed by atoms with E-state index in [1.54, 1.807) is 24.3 Å². The number of nitrogens with zero attached hydrogens (tertiary/aromatic N) is 3. The van der Waals surface area contributed by atoms with Crippen LogP contribution in [0.2, 0.25) is 0 Å². The molecule has 3 aromatic rings. The van der Waals surface area contributed by atoms with Crippen LogP contribution in [0, 0.1) is 16.0 Å². The fourth-order valence-corrected chi connectivity index (χ4v) is 3.77. The van der Waals surface area contributed by atoms with Gasteiger partial charge in [-0.2, -0.15) is 0 Å². The highest BCUT2D eigenvalue weighted by Crippen LogP contribution is 2.33. The Labute approximate surface area is 223 Å². The summed E-state index contributed by atoms with van der Waals surface area (Å²) in [5, 5.41) is 11.6. The molecule has 0 aliphatic heterocycles. The van der Waals surface area contributed by atoms with Gasteiger partial charge in [0.2, 0.25) is 0 Å². The van der Waals surface area contributed by atoms with Gasteiger partial charge in [0.25, 0.3) is 0 Å². The van der Waals surface area contributed by atoms with E-state index in [1.807, 2.05) is 26.2 Å². The van der Waals surface area contributed by atoms with Crippen LogP contribution < -0.4 is 15.2 Å². The number of unbranched alkanes of at least 4 members (excludes halogenated alkanes) is 4. The molecule has 3 rings (SSSR count). The monoisotopic (exact) mass is 520 g/mol. The van der Waals surface area contributed by atoms with Crippen molar-refractivity contribution in [3.05, 3.63) is 70.0 Å². The SMILES string of the molecule is CCCCCCCc1cnc(-c2ccc(OC(=O)c3cc([N+](=O)[O-])c(OCC(C)CC)cc3N)cc2)nc1. The molecule has 2 aromatic carbocycles. The molecular formula is C29H36N4O5. The summed E-state index contributed by atoms with van der Waals surface area (Å²) < 4.78 is 11.0. The predicted octanol–water partition coefficient (Wildman–Crippen LogP) is 6.79. The fourth-order valence-electron chi connectivity index (χ4n) is 3.77. The Morgan fingerprint density at radius 3 is 2.37 bits per heavy atom. The third-order valence-electron chi connectivity index (χ3n) is 6.37. The van der Waals surface area contributed by atoms with Crippen molar-refractivity contribution in [2.45, 2.75) is 65.7 Å². The van der Waals surface area contributed by atoms with Crippen molar-refractivity contribution in [2.75, 3.05) is 12.3 Å². The highest BCUT2D eigenvalue weighted by Gasteiger charge is 2.23. The smallest absolute Gasteiger partial charge is 0.345 e. The molecule has 0 bridgehead atoms. The van der Waals surface area contributed by atoms with Crippen molar-refractivity contribution >= 4 is 17.3 Å². The number of nitro groups is 1. The largest absolute Gasteiger partial charge is 0.486 e. The first-order valence-electron chi connectivity index (χ1n) is 13.2. The first kappa shape index (κ1) is 28.6. The summed E-state index contributed by atoms with van der Waals surface area (Å²) in [5.41, 5.74) is 7.50.